The van der Waals surface area contributed by atoms with Crippen LogP contribution in [0.3, 0.4) is 0 Å². The number of hydrogen-bond donors (Lipinski definition) is 5. The molecule has 6 aromatic rings. The Balaban J connectivity index is 1.02. The lowest BCUT2D eigenvalue weighted by Gasteiger charge is -2.32. The van der Waals surface area contributed by atoms with Gasteiger partial charge in [0.1, 0.15) is 29.1 Å². The number of rotatable bonds is 8. The predicted octanol–water partition coefficient (Wildman–Crippen LogP) is 0.260. The highest BCUT2D eigenvalue weighted by Crippen LogP contribution is 2.34. The summed E-state index contributed by atoms with van der Waals surface area (Å²) in [5.74, 6) is -2.38. The molecule has 1 atom stereocenters. The van der Waals surface area contributed by atoms with E-state index in [1.54, 1.807) is 11.0 Å². The van der Waals surface area contributed by atoms with Gasteiger partial charge in [-0.1, -0.05) is 35.5 Å². The topological polar surface area (TPSA) is 254 Å². The fourth-order valence-corrected chi connectivity index (χ4v) is 6.83. The van der Waals surface area contributed by atoms with Gasteiger partial charge in [-0.15, -0.1) is 0 Å². The van der Waals surface area contributed by atoms with Gasteiger partial charge in [0.15, 0.2) is 17.2 Å². The molecular weight excluding hydrogens is 660 g/mol. The summed E-state index contributed by atoms with van der Waals surface area (Å²) in [4.78, 5) is 87.3. The number of benzene rings is 2. The van der Waals surface area contributed by atoms with Gasteiger partial charge in [0.2, 0.25) is 0 Å². The molecule has 1 aliphatic carbocycles. The molecule has 2 aliphatic rings. The van der Waals surface area contributed by atoms with Crippen LogP contribution in [0.5, 0.6) is 0 Å². The standard InChI is InChI=1S/C34H28N10O7/c35-24-26(28(46)27(24)45)43-8-7-16-2-1-15(9-19(16)13-43)12-37-33(49)23-11-22(39-31-25(29(36)47)38-14-44(23)31)32(48)40-21-6-4-17-10-18(3-5-20(17)21)30-41-34(50)51-42-30/h1-3,5,9-11,14,21H,4,6-8,12-13,35H2,(H2,36,47)(H,37,49)(H,40,48)(H,41,42,50)/t21-/m0/s1. The molecule has 0 radical (unpaired) electrons. The van der Waals surface area contributed by atoms with E-state index in [1.165, 1.54) is 16.8 Å². The van der Waals surface area contributed by atoms with Crippen molar-refractivity contribution in [3.63, 3.8) is 0 Å². The Morgan fingerprint density at radius 2 is 1.82 bits per heavy atom. The molecule has 3 amide bonds. The number of aryl methyl sites for hydroxylation is 1. The first-order chi connectivity index (χ1) is 24.5. The molecule has 0 saturated carbocycles. The average molecular weight is 689 g/mol. The zero-order chi connectivity index (χ0) is 35.6. The number of imidazole rings is 1. The van der Waals surface area contributed by atoms with Crippen molar-refractivity contribution in [1.82, 2.24) is 35.1 Å². The van der Waals surface area contributed by atoms with E-state index < -0.39 is 34.3 Å². The minimum absolute atomic E-state index is 0.00271. The first-order valence-electron chi connectivity index (χ1n) is 16.0. The van der Waals surface area contributed by atoms with E-state index in [0.29, 0.717) is 43.7 Å². The van der Waals surface area contributed by atoms with Gasteiger partial charge < -0.3 is 27.0 Å². The van der Waals surface area contributed by atoms with Crippen LogP contribution in [0.4, 0.5) is 11.4 Å². The van der Waals surface area contributed by atoms with E-state index in [4.69, 9.17) is 11.5 Å². The van der Waals surface area contributed by atoms with Crippen molar-refractivity contribution >= 4 is 34.7 Å². The Hall–Kier alpha value is -6.91. The molecule has 0 spiro atoms. The number of aromatic nitrogens is 5. The number of carbonyl (C=O) groups is 3. The summed E-state index contributed by atoms with van der Waals surface area (Å²) in [5, 5.41) is 9.57. The second-order valence-corrected chi connectivity index (χ2v) is 12.5. The zero-order valence-corrected chi connectivity index (χ0v) is 26.7. The maximum Gasteiger partial charge on any atom is 0.439 e. The fourth-order valence-electron chi connectivity index (χ4n) is 6.83. The van der Waals surface area contributed by atoms with Gasteiger partial charge in [-0.3, -0.25) is 37.9 Å². The first-order valence-corrected chi connectivity index (χ1v) is 16.0. The van der Waals surface area contributed by atoms with E-state index in [1.807, 2.05) is 30.3 Å². The number of nitrogens with two attached hydrogens (primary N) is 2. The van der Waals surface area contributed by atoms with Gasteiger partial charge in [0.25, 0.3) is 28.6 Å². The smallest absolute Gasteiger partial charge is 0.394 e. The van der Waals surface area contributed by atoms with Crippen molar-refractivity contribution < 1.29 is 18.9 Å². The third-order valence-electron chi connectivity index (χ3n) is 9.41. The molecular formula is C34H28N10O7. The number of nitrogens with one attached hydrogen (secondary N) is 3. The fraction of sp³-hybridized carbons (Fsp3) is 0.206. The van der Waals surface area contributed by atoms with Gasteiger partial charge in [-0.05, 0) is 59.2 Å². The maximum atomic E-state index is 13.7. The molecule has 51 heavy (non-hydrogen) atoms. The van der Waals surface area contributed by atoms with Crippen LogP contribution < -0.4 is 43.6 Å². The van der Waals surface area contributed by atoms with Gasteiger partial charge in [-0.2, -0.15) is 0 Å². The molecule has 3 aromatic carbocycles. The molecule has 4 heterocycles. The lowest BCUT2D eigenvalue weighted by molar-refractivity contribution is 0.0929. The molecule has 7 N–H and O–H groups in total. The molecule has 8 rings (SSSR count). The number of hydrogen-bond acceptors (Lipinski definition) is 12. The van der Waals surface area contributed by atoms with Crippen LogP contribution in [0, 0.1) is 0 Å². The second kappa shape index (κ2) is 11.9. The number of aromatic amines is 1. The van der Waals surface area contributed by atoms with Gasteiger partial charge in [-0.25, -0.2) is 14.8 Å². The second-order valence-electron chi connectivity index (χ2n) is 12.5. The van der Waals surface area contributed by atoms with Crippen molar-refractivity contribution in [3.05, 3.63) is 125 Å². The van der Waals surface area contributed by atoms with Gasteiger partial charge in [0, 0.05) is 25.2 Å². The summed E-state index contributed by atoms with van der Waals surface area (Å²) >= 11 is 0. The molecule has 3 aromatic heterocycles. The van der Waals surface area contributed by atoms with Crippen LogP contribution in [-0.2, 0) is 25.9 Å². The SMILES string of the molecule is NC(=O)c1ncn2c(C(=O)NCc3ccc4c(c3)CN(c3c(N)c(=O)c3=O)CC4)cc(C(=O)N[C@H]3CCc4cc(-c5noc(=O)[nH]5)ccc43)nc12. The maximum absolute atomic E-state index is 13.7. The minimum atomic E-state index is -0.878. The third-order valence-corrected chi connectivity index (χ3v) is 9.41. The highest BCUT2D eigenvalue weighted by atomic mass is 16.5. The Kier molecular flexibility index (Phi) is 7.32. The molecule has 0 fully saturated rings. The molecule has 17 heteroatoms. The average Bonchev–Trinajstić information content (AvgIpc) is 3.88. The number of nitrogens with zero attached hydrogens (tertiary/aromatic N) is 5. The molecule has 256 valence electrons. The third kappa shape index (κ3) is 5.40. The lowest BCUT2D eigenvalue weighted by Crippen LogP contribution is -2.44. The van der Waals surface area contributed by atoms with Gasteiger partial charge in [0.05, 0.1) is 6.04 Å². The number of primary amides is 1. The predicted molar refractivity (Wildman–Crippen MR) is 181 cm³/mol. The Bertz CT molecular complexity index is 2570. The molecule has 1 aliphatic heterocycles. The highest BCUT2D eigenvalue weighted by molar-refractivity contribution is 6.01. The van der Waals surface area contributed by atoms with Crippen LogP contribution in [0.1, 0.15) is 71.7 Å². The normalized spacial score (nSPS) is 15.1. The number of H-pyrrole nitrogens is 1. The first kappa shape index (κ1) is 31.4. The van der Waals surface area contributed by atoms with E-state index >= 15 is 0 Å². The van der Waals surface area contributed by atoms with Crippen LogP contribution >= 0.6 is 0 Å². The number of carbonyl (C=O) groups excluding carboxylic acids is 3. The summed E-state index contributed by atoms with van der Waals surface area (Å²) < 4.78 is 5.90. The molecule has 0 saturated heterocycles. The van der Waals surface area contributed by atoms with E-state index in [2.05, 4.69) is 35.3 Å². The summed E-state index contributed by atoms with van der Waals surface area (Å²) in [6.07, 6.45) is 3.13. The van der Waals surface area contributed by atoms with Crippen LogP contribution in [0.25, 0.3) is 17.0 Å². The molecule has 0 bridgehead atoms. The van der Waals surface area contributed by atoms with E-state index in [9.17, 15) is 28.8 Å². The minimum Gasteiger partial charge on any atom is -0.394 e. The Morgan fingerprint density at radius 1 is 0.980 bits per heavy atom. The van der Waals surface area contributed by atoms with Crippen LogP contribution in [0.15, 0.2) is 67.7 Å². The van der Waals surface area contributed by atoms with E-state index in [0.717, 1.165) is 27.8 Å². The van der Waals surface area contributed by atoms with Gasteiger partial charge >= 0.3 is 5.76 Å². The van der Waals surface area contributed by atoms with E-state index in [-0.39, 0.29) is 46.7 Å². The van der Waals surface area contributed by atoms with Crippen molar-refractivity contribution in [2.75, 3.05) is 17.2 Å². The van der Waals surface area contributed by atoms with Crippen molar-refractivity contribution in [2.24, 2.45) is 5.73 Å². The van der Waals surface area contributed by atoms with Crippen molar-refractivity contribution in [2.45, 2.75) is 38.4 Å². The molecule has 17 nitrogen and oxygen atoms in total. The summed E-state index contributed by atoms with van der Waals surface area (Å²) in [5.41, 5.74) is 15.2. The number of amides is 3. The number of nitrogen functional groups attached to an aromatic ring is 1. The highest BCUT2D eigenvalue weighted by Gasteiger charge is 2.29. The van der Waals surface area contributed by atoms with Crippen LogP contribution in [0.2, 0.25) is 0 Å². The summed E-state index contributed by atoms with van der Waals surface area (Å²) in [7, 11) is 0. The zero-order valence-electron chi connectivity index (χ0n) is 26.7. The van der Waals surface area contributed by atoms with Crippen molar-refractivity contribution in [1.29, 1.82) is 0 Å². The largest absolute Gasteiger partial charge is 0.439 e. The number of anilines is 2. The Labute approximate surface area is 286 Å². The van der Waals surface area contributed by atoms with Crippen molar-refractivity contribution in [3.8, 4) is 11.4 Å². The lowest BCUT2D eigenvalue weighted by atomic mass is 9.96. The summed E-state index contributed by atoms with van der Waals surface area (Å²) in [6, 6.07) is 12.2. The monoisotopic (exact) mass is 688 g/mol. The molecule has 0 unspecified atom stereocenters. The summed E-state index contributed by atoms with van der Waals surface area (Å²) in [6.45, 7) is 1.04. The van der Waals surface area contributed by atoms with Crippen LogP contribution in [-0.4, -0.2) is 48.8 Å². The number of fused-ring (bicyclic) bond motifs is 3. The Morgan fingerprint density at radius 3 is 2.59 bits per heavy atom. The quantitative estimate of drug-likeness (QED) is 0.135.